The van der Waals surface area contributed by atoms with Crippen LogP contribution in [-0.2, 0) is 0 Å². The molecule has 1 aliphatic carbocycles. The molecule has 0 amide bonds. The smallest absolute Gasteiger partial charge is 0.127 e. The van der Waals surface area contributed by atoms with Gasteiger partial charge >= 0.3 is 0 Å². The van der Waals surface area contributed by atoms with Crippen LogP contribution < -0.4 is 5.32 Å². The van der Waals surface area contributed by atoms with Crippen molar-refractivity contribution in [3.63, 3.8) is 0 Å². The predicted octanol–water partition coefficient (Wildman–Crippen LogP) is 1.77. The third-order valence-electron chi connectivity index (χ3n) is 2.33. The summed E-state index contributed by atoms with van der Waals surface area (Å²) in [6.45, 7) is 2.20. The molecule has 3 nitrogen and oxygen atoms in total. The average Bonchev–Trinajstić information content (AvgIpc) is 2.82. The second-order valence-electron chi connectivity index (χ2n) is 3.51. The van der Waals surface area contributed by atoms with Crippen LogP contribution in [0.4, 0.5) is 5.82 Å². The van der Waals surface area contributed by atoms with Crippen molar-refractivity contribution in [2.45, 2.75) is 19.4 Å². The van der Waals surface area contributed by atoms with Crippen LogP contribution in [0.25, 0.3) is 0 Å². The standard InChI is InChI=1S/C10H11N3/c1-7-4-9(7)13-10-5-8(6-11)2-3-12-10/h2-3,5,7,9H,4H2,1H3,(H,12,13). The average molecular weight is 173 g/mol. The topological polar surface area (TPSA) is 48.7 Å². The largest absolute Gasteiger partial charge is 0.367 e. The van der Waals surface area contributed by atoms with E-state index < -0.39 is 0 Å². The minimum Gasteiger partial charge on any atom is -0.367 e. The Bertz CT molecular complexity index is 353. The van der Waals surface area contributed by atoms with Crippen molar-refractivity contribution in [2.24, 2.45) is 5.92 Å². The molecule has 2 rings (SSSR count). The van der Waals surface area contributed by atoms with Gasteiger partial charge in [-0.15, -0.1) is 0 Å². The molecule has 3 heteroatoms. The lowest BCUT2D eigenvalue weighted by Gasteiger charge is -2.02. The monoisotopic (exact) mass is 173 g/mol. The van der Waals surface area contributed by atoms with Crippen LogP contribution in [0, 0.1) is 17.2 Å². The summed E-state index contributed by atoms with van der Waals surface area (Å²) in [4.78, 5) is 4.14. The molecule has 13 heavy (non-hydrogen) atoms. The highest BCUT2D eigenvalue weighted by molar-refractivity contribution is 5.44. The molecule has 0 spiro atoms. The number of hydrogen-bond acceptors (Lipinski definition) is 3. The highest BCUT2D eigenvalue weighted by atomic mass is 15.0. The molecule has 0 radical (unpaired) electrons. The molecule has 0 bridgehead atoms. The molecule has 2 atom stereocenters. The quantitative estimate of drug-likeness (QED) is 0.741. The Kier molecular flexibility index (Phi) is 1.90. The maximum absolute atomic E-state index is 8.66. The van der Waals surface area contributed by atoms with E-state index in [1.165, 1.54) is 6.42 Å². The molecule has 1 aliphatic rings. The van der Waals surface area contributed by atoms with Crippen molar-refractivity contribution in [3.05, 3.63) is 23.9 Å². The first-order valence-electron chi connectivity index (χ1n) is 4.42. The maximum Gasteiger partial charge on any atom is 0.127 e. The van der Waals surface area contributed by atoms with Gasteiger partial charge in [-0.3, -0.25) is 0 Å². The Balaban J connectivity index is 2.08. The molecule has 1 aromatic rings. The SMILES string of the molecule is CC1CC1Nc1cc(C#N)ccn1. The van der Waals surface area contributed by atoms with Gasteiger partial charge in [0.2, 0.25) is 0 Å². The molecule has 1 fully saturated rings. The predicted molar refractivity (Wildman–Crippen MR) is 50.1 cm³/mol. The van der Waals surface area contributed by atoms with E-state index in [2.05, 4.69) is 23.3 Å². The zero-order chi connectivity index (χ0) is 9.26. The van der Waals surface area contributed by atoms with Gasteiger partial charge in [0.15, 0.2) is 0 Å². The molecule has 0 aromatic carbocycles. The molecule has 1 heterocycles. The molecule has 2 unspecified atom stereocenters. The number of aromatic nitrogens is 1. The van der Waals surface area contributed by atoms with Crippen molar-refractivity contribution in [1.29, 1.82) is 5.26 Å². The number of rotatable bonds is 2. The van der Waals surface area contributed by atoms with Gasteiger partial charge in [-0.05, 0) is 24.5 Å². The van der Waals surface area contributed by atoms with Gasteiger partial charge in [-0.25, -0.2) is 4.98 Å². The molecule has 1 saturated carbocycles. The normalized spacial score (nSPS) is 24.9. The van der Waals surface area contributed by atoms with Crippen LogP contribution in [0.5, 0.6) is 0 Å². The van der Waals surface area contributed by atoms with Gasteiger partial charge < -0.3 is 5.32 Å². The fraction of sp³-hybridized carbons (Fsp3) is 0.400. The number of pyridine rings is 1. The van der Waals surface area contributed by atoms with Crippen LogP contribution in [-0.4, -0.2) is 11.0 Å². The van der Waals surface area contributed by atoms with Crippen molar-refractivity contribution < 1.29 is 0 Å². The Morgan fingerprint density at radius 3 is 3.08 bits per heavy atom. The first-order chi connectivity index (χ1) is 6.29. The lowest BCUT2D eigenvalue weighted by Crippen LogP contribution is -2.04. The summed E-state index contributed by atoms with van der Waals surface area (Å²) < 4.78 is 0. The zero-order valence-electron chi connectivity index (χ0n) is 7.49. The van der Waals surface area contributed by atoms with Gasteiger partial charge in [-0.2, -0.15) is 5.26 Å². The van der Waals surface area contributed by atoms with Crippen molar-refractivity contribution >= 4 is 5.82 Å². The fourth-order valence-corrected chi connectivity index (χ4v) is 1.29. The van der Waals surface area contributed by atoms with Gasteiger partial charge in [0.25, 0.3) is 0 Å². The zero-order valence-corrected chi connectivity index (χ0v) is 7.49. The van der Waals surface area contributed by atoms with Gasteiger partial charge in [-0.1, -0.05) is 6.92 Å². The number of hydrogen-bond donors (Lipinski definition) is 1. The van der Waals surface area contributed by atoms with E-state index in [9.17, 15) is 0 Å². The first kappa shape index (κ1) is 8.06. The van der Waals surface area contributed by atoms with E-state index in [0.717, 1.165) is 11.7 Å². The van der Waals surface area contributed by atoms with Crippen molar-refractivity contribution in [1.82, 2.24) is 4.98 Å². The van der Waals surface area contributed by atoms with Crippen LogP contribution in [0.3, 0.4) is 0 Å². The van der Waals surface area contributed by atoms with E-state index in [0.29, 0.717) is 11.6 Å². The maximum atomic E-state index is 8.66. The summed E-state index contributed by atoms with van der Waals surface area (Å²) >= 11 is 0. The third kappa shape index (κ3) is 1.78. The number of nitrogens with one attached hydrogen (secondary N) is 1. The first-order valence-corrected chi connectivity index (χ1v) is 4.42. The molecule has 0 saturated heterocycles. The Labute approximate surface area is 77.4 Å². The second kappa shape index (κ2) is 3.06. The Morgan fingerprint density at radius 1 is 1.69 bits per heavy atom. The van der Waals surface area contributed by atoms with Gasteiger partial charge in [0, 0.05) is 12.2 Å². The van der Waals surface area contributed by atoms with E-state index in [1.807, 2.05) is 0 Å². The van der Waals surface area contributed by atoms with Crippen LogP contribution >= 0.6 is 0 Å². The highest BCUT2D eigenvalue weighted by Crippen LogP contribution is 2.32. The molecule has 66 valence electrons. The van der Waals surface area contributed by atoms with E-state index in [1.54, 1.807) is 18.3 Å². The van der Waals surface area contributed by atoms with Crippen molar-refractivity contribution in [2.75, 3.05) is 5.32 Å². The molecular weight excluding hydrogens is 162 g/mol. The van der Waals surface area contributed by atoms with E-state index >= 15 is 0 Å². The fourth-order valence-electron chi connectivity index (χ4n) is 1.29. The summed E-state index contributed by atoms with van der Waals surface area (Å²) in [7, 11) is 0. The molecular formula is C10H11N3. The Hall–Kier alpha value is -1.56. The van der Waals surface area contributed by atoms with Crippen molar-refractivity contribution in [3.8, 4) is 6.07 Å². The van der Waals surface area contributed by atoms with Crippen LogP contribution in [0.2, 0.25) is 0 Å². The minimum absolute atomic E-state index is 0.557. The molecule has 1 aromatic heterocycles. The highest BCUT2D eigenvalue weighted by Gasteiger charge is 2.32. The lowest BCUT2D eigenvalue weighted by molar-refractivity contribution is 0.923. The summed E-state index contributed by atoms with van der Waals surface area (Å²) in [5.41, 5.74) is 0.658. The van der Waals surface area contributed by atoms with E-state index in [-0.39, 0.29) is 0 Å². The van der Waals surface area contributed by atoms with Gasteiger partial charge in [0.1, 0.15) is 5.82 Å². The lowest BCUT2D eigenvalue weighted by atomic mass is 10.3. The summed E-state index contributed by atoms with van der Waals surface area (Å²) in [5, 5.41) is 11.9. The summed E-state index contributed by atoms with van der Waals surface area (Å²) in [5.74, 6) is 1.56. The number of anilines is 1. The molecule has 1 N–H and O–H groups in total. The number of nitrogens with zero attached hydrogens (tertiary/aromatic N) is 2. The summed E-state index contributed by atoms with van der Waals surface area (Å²) in [6, 6.07) is 6.14. The number of nitriles is 1. The third-order valence-corrected chi connectivity index (χ3v) is 2.33. The Morgan fingerprint density at radius 2 is 2.46 bits per heavy atom. The second-order valence-corrected chi connectivity index (χ2v) is 3.51. The summed E-state index contributed by atoms with van der Waals surface area (Å²) in [6.07, 6.45) is 2.87. The van der Waals surface area contributed by atoms with E-state index in [4.69, 9.17) is 5.26 Å². The van der Waals surface area contributed by atoms with Crippen LogP contribution in [0.15, 0.2) is 18.3 Å². The van der Waals surface area contributed by atoms with Gasteiger partial charge in [0.05, 0.1) is 11.6 Å². The minimum atomic E-state index is 0.557. The van der Waals surface area contributed by atoms with Crippen LogP contribution in [0.1, 0.15) is 18.9 Å². The molecule has 0 aliphatic heterocycles.